The summed E-state index contributed by atoms with van der Waals surface area (Å²) in [5, 5.41) is 0. The van der Waals surface area contributed by atoms with Crippen molar-refractivity contribution in [2.24, 2.45) is 0 Å². The average Bonchev–Trinajstić information content (AvgIpc) is 2.68. The minimum Gasteiger partial charge on any atom is -0.287 e. The molecule has 0 amide bonds. The number of rotatable bonds is 12. The van der Waals surface area contributed by atoms with Crippen molar-refractivity contribution in [2.45, 2.75) is 46.3 Å². The summed E-state index contributed by atoms with van der Waals surface area (Å²) in [5.41, 5.74) is 0.892. The molecule has 2 rings (SSSR count). The van der Waals surface area contributed by atoms with Crippen molar-refractivity contribution in [3.63, 3.8) is 0 Å². The number of phosphoric acid groups is 1. The lowest BCUT2D eigenvalue weighted by molar-refractivity contribution is -0.725. The second kappa shape index (κ2) is 11.1. The maximum atomic E-state index is 12.7. The predicted octanol–water partition coefficient (Wildman–Crippen LogP) is 4.15. The average molecular weight is 380 g/mol. The van der Waals surface area contributed by atoms with Crippen molar-refractivity contribution in [3.05, 3.63) is 43.0 Å². The molecule has 0 saturated heterocycles. The number of aromatic nitrogens is 3. The minimum atomic E-state index is -3.56. The summed E-state index contributed by atoms with van der Waals surface area (Å²) in [6, 6.07) is 5.52. The lowest BCUT2D eigenvalue weighted by Gasteiger charge is -2.16. The molecule has 26 heavy (non-hydrogen) atoms. The first-order valence-electron chi connectivity index (χ1n) is 8.97. The Morgan fingerprint density at radius 1 is 0.962 bits per heavy atom. The standard InChI is InChI=1S/C18H27N3O4P/c1-3-5-14-23-26(22,24-15-6-4-2)25-16-21-12-8-17(9-13-21)18-19-10-7-11-20-18/h7-13H,3-6,14-16H2,1-2H3/q+1. The number of pyridine rings is 1. The van der Waals surface area contributed by atoms with E-state index in [-0.39, 0.29) is 6.73 Å². The maximum Gasteiger partial charge on any atom is 0.479 e. The molecule has 0 fully saturated rings. The first-order valence-corrected chi connectivity index (χ1v) is 10.4. The summed E-state index contributed by atoms with van der Waals surface area (Å²) >= 11 is 0. The molecule has 2 aromatic rings. The highest BCUT2D eigenvalue weighted by Crippen LogP contribution is 2.49. The Bertz CT molecular complexity index is 669. The fourth-order valence-corrected chi connectivity index (χ4v) is 3.23. The lowest BCUT2D eigenvalue weighted by atomic mass is 10.2. The van der Waals surface area contributed by atoms with Crippen molar-refractivity contribution in [3.8, 4) is 11.4 Å². The Balaban J connectivity index is 1.95. The van der Waals surface area contributed by atoms with Crippen molar-refractivity contribution >= 4 is 7.82 Å². The smallest absolute Gasteiger partial charge is 0.287 e. The SMILES string of the molecule is CCCCOP(=O)(OCCCC)OC[n+]1ccc(-c2ncccn2)cc1. The summed E-state index contributed by atoms with van der Waals surface area (Å²) < 4.78 is 30.8. The van der Waals surface area contributed by atoms with Gasteiger partial charge < -0.3 is 0 Å². The predicted molar refractivity (Wildman–Crippen MR) is 98.1 cm³/mol. The molecule has 0 aliphatic heterocycles. The topological polar surface area (TPSA) is 74.4 Å². The van der Waals surface area contributed by atoms with E-state index in [1.807, 2.05) is 38.4 Å². The van der Waals surface area contributed by atoms with Gasteiger partial charge in [-0.3, -0.25) is 9.05 Å². The third-order valence-electron chi connectivity index (χ3n) is 3.57. The Morgan fingerprint density at radius 2 is 1.54 bits per heavy atom. The van der Waals surface area contributed by atoms with Crippen LogP contribution in [-0.4, -0.2) is 23.2 Å². The van der Waals surface area contributed by atoms with E-state index in [1.54, 1.807) is 23.0 Å². The molecule has 8 heteroatoms. The minimum absolute atomic E-state index is 0.0749. The second-order valence-electron chi connectivity index (χ2n) is 5.75. The van der Waals surface area contributed by atoms with Crippen molar-refractivity contribution in [1.29, 1.82) is 0 Å². The Hall–Kier alpha value is -1.66. The molecule has 0 aliphatic rings. The van der Waals surface area contributed by atoms with E-state index in [4.69, 9.17) is 13.6 Å². The van der Waals surface area contributed by atoms with E-state index >= 15 is 0 Å². The number of hydrogen-bond donors (Lipinski definition) is 0. The molecule has 0 aliphatic carbocycles. The Morgan fingerprint density at radius 3 is 2.08 bits per heavy atom. The Kier molecular flexibility index (Phi) is 8.85. The molecule has 2 heterocycles. The highest BCUT2D eigenvalue weighted by atomic mass is 31.2. The van der Waals surface area contributed by atoms with Crippen molar-refractivity contribution in [2.75, 3.05) is 13.2 Å². The second-order valence-corrected chi connectivity index (χ2v) is 7.42. The van der Waals surface area contributed by atoms with E-state index in [9.17, 15) is 4.57 Å². The fourth-order valence-electron chi connectivity index (χ4n) is 2.03. The third-order valence-corrected chi connectivity index (χ3v) is 5.00. The van der Waals surface area contributed by atoms with Gasteiger partial charge in [0, 0.05) is 30.1 Å². The zero-order chi connectivity index (χ0) is 18.7. The first-order chi connectivity index (χ1) is 12.7. The van der Waals surface area contributed by atoms with E-state index in [0.29, 0.717) is 19.0 Å². The maximum absolute atomic E-state index is 12.7. The summed E-state index contributed by atoms with van der Waals surface area (Å²) in [4.78, 5) is 8.42. The van der Waals surface area contributed by atoms with Gasteiger partial charge in [-0.2, -0.15) is 4.57 Å². The normalized spacial score (nSPS) is 11.6. The van der Waals surface area contributed by atoms with Gasteiger partial charge in [0.15, 0.2) is 18.2 Å². The number of phosphoric ester groups is 1. The van der Waals surface area contributed by atoms with Gasteiger partial charge >= 0.3 is 7.82 Å². The third kappa shape index (κ3) is 6.92. The lowest BCUT2D eigenvalue weighted by Crippen LogP contribution is -2.33. The number of nitrogens with zero attached hydrogens (tertiary/aromatic N) is 3. The first kappa shape index (κ1) is 20.6. The molecule has 0 N–H and O–H groups in total. The van der Waals surface area contributed by atoms with Crippen LogP contribution in [0.3, 0.4) is 0 Å². The van der Waals surface area contributed by atoms with Gasteiger partial charge in [-0.25, -0.2) is 19.1 Å². The van der Waals surface area contributed by atoms with E-state index in [1.165, 1.54) is 0 Å². The molecule has 2 aromatic heterocycles. The van der Waals surface area contributed by atoms with E-state index < -0.39 is 7.82 Å². The van der Waals surface area contributed by atoms with Gasteiger partial charge in [-0.15, -0.1) is 0 Å². The van der Waals surface area contributed by atoms with Crippen LogP contribution in [0.15, 0.2) is 43.0 Å². The molecule has 142 valence electrons. The van der Waals surface area contributed by atoms with Crippen LogP contribution >= 0.6 is 7.82 Å². The molecular formula is C18H27N3O4P+. The number of hydrogen-bond acceptors (Lipinski definition) is 6. The summed E-state index contributed by atoms with van der Waals surface area (Å²) in [6.07, 6.45) is 10.5. The summed E-state index contributed by atoms with van der Waals surface area (Å²) in [7, 11) is -3.56. The van der Waals surface area contributed by atoms with Crippen LogP contribution in [0.5, 0.6) is 0 Å². The van der Waals surface area contributed by atoms with Crippen LogP contribution < -0.4 is 4.57 Å². The largest absolute Gasteiger partial charge is 0.479 e. The monoisotopic (exact) mass is 380 g/mol. The van der Waals surface area contributed by atoms with Crippen LogP contribution in [0, 0.1) is 0 Å². The number of unbranched alkanes of at least 4 members (excludes halogenated alkanes) is 2. The molecule has 0 unspecified atom stereocenters. The highest BCUT2D eigenvalue weighted by molar-refractivity contribution is 7.48. The van der Waals surface area contributed by atoms with Gasteiger partial charge in [-0.1, -0.05) is 26.7 Å². The molecular weight excluding hydrogens is 353 g/mol. The van der Waals surface area contributed by atoms with Crippen LogP contribution in [0.4, 0.5) is 0 Å². The molecule has 0 spiro atoms. The van der Waals surface area contributed by atoms with Crippen molar-refractivity contribution in [1.82, 2.24) is 9.97 Å². The summed E-state index contributed by atoms with van der Waals surface area (Å²) in [5.74, 6) is 0.650. The fraction of sp³-hybridized carbons (Fsp3) is 0.500. The molecule has 0 radical (unpaired) electrons. The van der Waals surface area contributed by atoms with E-state index in [0.717, 1.165) is 31.2 Å². The molecule has 0 saturated carbocycles. The van der Waals surface area contributed by atoms with Crippen molar-refractivity contribution < 1.29 is 22.7 Å². The van der Waals surface area contributed by atoms with Gasteiger partial charge in [0.2, 0.25) is 0 Å². The highest BCUT2D eigenvalue weighted by Gasteiger charge is 2.28. The van der Waals surface area contributed by atoms with Crippen LogP contribution in [0.1, 0.15) is 39.5 Å². The van der Waals surface area contributed by atoms with Gasteiger partial charge in [0.05, 0.1) is 13.2 Å². The van der Waals surface area contributed by atoms with Gasteiger partial charge in [-0.05, 0) is 18.9 Å². The molecule has 0 aromatic carbocycles. The Labute approximate surface area is 155 Å². The molecule has 0 atom stereocenters. The van der Waals surface area contributed by atoms with Crippen LogP contribution in [-0.2, 0) is 24.9 Å². The van der Waals surface area contributed by atoms with Crippen LogP contribution in [0.2, 0.25) is 0 Å². The molecule has 0 bridgehead atoms. The van der Waals surface area contributed by atoms with Gasteiger partial charge in [0.1, 0.15) is 0 Å². The van der Waals surface area contributed by atoms with E-state index in [2.05, 4.69) is 9.97 Å². The summed E-state index contributed by atoms with van der Waals surface area (Å²) in [6.45, 7) is 4.87. The van der Waals surface area contributed by atoms with Gasteiger partial charge in [0.25, 0.3) is 6.73 Å². The molecule has 7 nitrogen and oxygen atoms in total. The zero-order valence-corrected chi connectivity index (χ0v) is 16.3. The quantitative estimate of drug-likeness (QED) is 0.313. The van der Waals surface area contributed by atoms with Crippen LogP contribution in [0.25, 0.3) is 11.4 Å². The zero-order valence-electron chi connectivity index (χ0n) is 15.4.